The molecule has 4 heteroatoms. The highest BCUT2D eigenvalue weighted by atomic mass is 16.5. The van der Waals surface area contributed by atoms with E-state index >= 15 is 0 Å². The summed E-state index contributed by atoms with van der Waals surface area (Å²) < 4.78 is 5.83. The minimum Gasteiger partial charge on any atom is -0.372 e. The van der Waals surface area contributed by atoms with Crippen molar-refractivity contribution in [2.24, 2.45) is 0 Å². The van der Waals surface area contributed by atoms with Crippen molar-refractivity contribution in [1.82, 2.24) is 10.2 Å². The molecule has 2 heterocycles. The Hall–Kier alpha value is -1.10. The molecule has 1 aromatic carbocycles. The smallest absolute Gasteiger partial charge is 0.0726 e. The van der Waals surface area contributed by atoms with E-state index in [1.165, 1.54) is 11.3 Å². The number of nitrogens with one attached hydrogen (secondary N) is 1. The predicted molar refractivity (Wildman–Crippen MR) is 86.8 cm³/mol. The Labute approximate surface area is 128 Å². The van der Waals surface area contributed by atoms with E-state index in [2.05, 4.69) is 53.2 Å². The van der Waals surface area contributed by atoms with Crippen molar-refractivity contribution < 1.29 is 4.74 Å². The Morgan fingerprint density at radius 2 is 1.86 bits per heavy atom. The number of rotatable bonds is 3. The molecule has 0 spiro atoms. The molecule has 0 bridgehead atoms. The van der Waals surface area contributed by atoms with Crippen LogP contribution in [0.25, 0.3) is 0 Å². The zero-order chi connectivity index (χ0) is 14.7. The molecule has 2 aliphatic rings. The average molecular weight is 289 g/mol. The van der Waals surface area contributed by atoms with Crippen LogP contribution in [0, 0.1) is 0 Å². The molecule has 116 valence electrons. The summed E-state index contributed by atoms with van der Waals surface area (Å²) in [6.45, 7) is 11.9. The molecule has 2 unspecified atom stereocenters. The Bertz CT molecular complexity index is 449. The molecule has 2 fully saturated rings. The van der Waals surface area contributed by atoms with Crippen LogP contribution < -0.4 is 10.2 Å². The molecule has 3 rings (SSSR count). The second-order valence-electron chi connectivity index (χ2n) is 6.36. The van der Waals surface area contributed by atoms with Crippen molar-refractivity contribution in [3.63, 3.8) is 0 Å². The van der Waals surface area contributed by atoms with Gasteiger partial charge in [-0.15, -0.1) is 0 Å². The van der Waals surface area contributed by atoms with Crippen molar-refractivity contribution in [1.29, 1.82) is 0 Å². The van der Waals surface area contributed by atoms with Gasteiger partial charge < -0.3 is 15.0 Å². The first kappa shape index (κ1) is 14.8. The van der Waals surface area contributed by atoms with Gasteiger partial charge in [-0.25, -0.2) is 0 Å². The van der Waals surface area contributed by atoms with Gasteiger partial charge in [0.05, 0.1) is 12.2 Å². The van der Waals surface area contributed by atoms with Gasteiger partial charge in [0.2, 0.25) is 0 Å². The summed E-state index contributed by atoms with van der Waals surface area (Å²) in [6, 6.07) is 9.02. The number of benzene rings is 1. The highest BCUT2D eigenvalue weighted by molar-refractivity contribution is 5.49. The zero-order valence-corrected chi connectivity index (χ0v) is 13.2. The van der Waals surface area contributed by atoms with Crippen molar-refractivity contribution in [2.45, 2.75) is 32.6 Å². The molecule has 4 nitrogen and oxygen atoms in total. The molecule has 0 radical (unpaired) electrons. The van der Waals surface area contributed by atoms with Crippen LogP contribution in [0.15, 0.2) is 24.3 Å². The quantitative estimate of drug-likeness (QED) is 0.917. The van der Waals surface area contributed by atoms with E-state index < -0.39 is 0 Å². The van der Waals surface area contributed by atoms with Gasteiger partial charge >= 0.3 is 0 Å². The van der Waals surface area contributed by atoms with E-state index in [9.17, 15) is 0 Å². The number of nitrogens with zero attached hydrogens (tertiary/aromatic N) is 2. The summed E-state index contributed by atoms with van der Waals surface area (Å²) in [6.07, 6.45) is 0.621. The van der Waals surface area contributed by atoms with Gasteiger partial charge in [-0.2, -0.15) is 0 Å². The minimum absolute atomic E-state index is 0.311. The van der Waals surface area contributed by atoms with E-state index in [0.29, 0.717) is 12.2 Å². The third-order valence-electron chi connectivity index (χ3n) is 4.31. The van der Waals surface area contributed by atoms with E-state index in [1.807, 2.05) is 0 Å². The molecule has 0 saturated carbocycles. The fourth-order valence-corrected chi connectivity index (χ4v) is 3.37. The molecule has 21 heavy (non-hydrogen) atoms. The third kappa shape index (κ3) is 3.96. The number of anilines is 1. The number of morpholine rings is 1. The van der Waals surface area contributed by atoms with Gasteiger partial charge in [0, 0.05) is 51.5 Å². The monoisotopic (exact) mass is 289 g/mol. The lowest BCUT2D eigenvalue weighted by Crippen LogP contribution is -2.45. The van der Waals surface area contributed by atoms with Crippen LogP contribution in [-0.2, 0) is 11.3 Å². The number of ether oxygens (including phenoxy) is 1. The van der Waals surface area contributed by atoms with E-state index in [0.717, 1.165) is 45.8 Å². The second-order valence-corrected chi connectivity index (χ2v) is 6.36. The Morgan fingerprint density at radius 1 is 1.14 bits per heavy atom. The molecule has 2 aliphatic heterocycles. The maximum Gasteiger partial charge on any atom is 0.0726 e. The average Bonchev–Trinajstić information content (AvgIpc) is 2.47. The highest BCUT2D eigenvalue weighted by Crippen LogP contribution is 2.22. The van der Waals surface area contributed by atoms with Crippen LogP contribution in [0.1, 0.15) is 19.4 Å². The van der Waals surface area contributed by atoms with E-state index in [1.54, 1.807) is 0 Å². The minimum atomic E-state index is 0.311. The van der Waals surface area contributed by atoms with Crippen molar-refractivity contribution in [3.05, 3.63) is 29.8 Å². The predicted octanol–water partition coefficient (Wildman–Crippen LogP) is 1.71. The van der Waals surface area contributed by atoms with Gasteiger partial charge in [0.25, 0.3) is 0 Å². The standard InChI is InChI=1S/C17H27N3O/c1-14-11-20(12-15(2)21-14)17-5-3-4-16(10-17)13-19-8-6-18-7-9-19/h3-5,10,14-15,18H,6-9,11-13H2,1-2H3. The first-order valence-corrected chi connectivity index (χ1v) is 8.13. The van der Waals surface area contributed by atoms with Crippen LogP contribution in [-0.4, -0.2) is 56.4 Å². The van der Waals surface area contributed by atoms with E-state index in [4.69, 9.17) is 4.74 Å². The second kappa shape index (κ2) is 6.77. The van der Waals surface area contributed by atoms with Crippen molar-refractivity contribution >= 4 is 5.69 Å². The first-order valence-electron chi connectivity index (χ1n) is 8.13. The molecule has 1 N–H and O–H groups in total. The maximum atomic E-state index is 5.83. The Balaban J connectivity index is 1.67. The van der Waals surface area contributed by atoms with Crippen LogP contribution in [0.3, 0.4) is 0 Å². The molecule has 2 saturated heterocycles. The lowest BCUT2D eigenvalue weighted by molar-refractivity contribution is -0.00522. The van der Waals surface area contributed by atoms with Crippen LogP contribution in [0.2, 0.25) is 0 Å². The van der Waals surface area contributed by atoms with Crippen molar-refractivity contribution in [3.8, 4) is 0 Å². The topological polar surface area (TPSA) is 27.7 Å². The summed E-state index contributed by atoms with van der Waals surface area (Å²) in [5, 5.41) is 3.41. The Morgan fingerprint density at radius 3 is 2.57 bits per heavy atom. The zero-order valence-electron chi connectivity index (χ0n) is 13.2. The van der Waals surface area contributed by atoms with Gasteiger partial charge in [-0.3, -0.25) is 4.90 Å². The fourth-order valence-electron chi connectivity index (χ4n) is 3.37. The molecular formula is C17H27N3O. The lowest BCUT2D eigenvalue weighted by atomic mass is 10.1. The largest absolute Gasteiger partial charge is 0.372 e. The lowest BCUT2D eigenvalue weighted by Gasteiger charge is -2.37. The Kier molecular flexibility index (Phi) is 4.78. The first-order chi connectivity index (χ1) is 10.2. The fraction of sp³-hybridized carbons (Fsp3) is 0.647. The number of hydrogen-bond acceptors (Lipinski definition) is 4. The SMILES string of the molecule is CC1CN(c2cccc(CN3CCNCC3)c2)CC(C)O1. The van der Waals surface area contributed by atoms with Gasteiger partial charge in [0.1, 0.15) is 0 Å². The van der Waals surface area contributed by atoms with Gasteiger partial charge in [-0.05, 0) is 31.5 Å². The summed E-state index contributed by atoms with van der Waals surface area (Å²) >= 11 is 0. The molecular weight excluding hydrogens is 262 g/mol. The summed E-state index contributed by atoms with van der Waals surface area (Å²) in [5.74, 6) is 0. The number of hydrogen-bond donors (Lipinski definition) is 1. The normalized spacial score (nSPS) is 27.8. The molecule has 2 atom stereocenters. The number of piperazine rings is 1. The van der Waals surface area contributed by atoms with E-state index in [-0.39, 0.29) is 0 Å². The summed E-state index contributed by atoms with van der Waals surface area (Å²) in [7, 11) is 0. The summed E-state index contributed by atoms with van der Waals surface area (Å²) in [5.41, 5.74) is 2.76. The molecule has 0 amide bonds. The van der Waals surface area contributed by atoms with Gasteiger partial charge in [-0.1, -0.05) is 12.1 Å². The van der Waals surface area contributed by atoms with Crippen molar-refractivity contribution in [2.75, 3.05) is 44.2 Å². The third-order valence-corrected chi connectivity index (χ3v) is 4.31. The molecule has 1 aromatic rings. The summed E-state index contributed by atoms with van der Waals surface area (Å²) in [4.78, 5) is 4.99. The van der Waals surface area contributed by atoms with Crippen LogP contribution >= 0.6 is 0 Å². The maximum absolute atomic E-state index is 5.83. The molecule has 0 aliphatic carbocycles. The molecule has 0 aromatic heterocycles. The van der Waals surface area contributed by atoms with Gasteiger partial charge in [0.15, 0.2) is 0 Å². The van der Waals surface area contributed by atoms with Crippen LogP contribution in [0.4, 0.5) is 5.69 Å². The highest BCUT2D eigenvalue weighted by Gasteiger charge is 2.22. The van der Waals surface area contributed by atoms with Crippen LogP contribution in [0.5, 0.6) is 0 Å².